The van der Waals surface area contributed by atoms with Crippen molar-refractivity contribution in [2.75, 3.05) is 6.54 Å². The van der Waals surface area contributed by atoms with Gasteiger partial charge in [-0.05, 0) is 54.1 Å². The molecule has 1 aliphatic heterocycles. The molecule has 1 saturated carbocycles. The van der Waals surface area contributed by atoms with Gasteiger partial charge in [0.25, 0.3) is 0 Å². The average Bonchev–Trinajstić information content (AvgIpc) is 3.31. The zero-order chi connectivity index (χ0) is 17.4. The molecule has 1 fully saturated rings. The lowest BCUT2D eigenvalue weighted by Gasteiger charge is -2.39. The topological polar surface area (TPSA) is 57.6 Å². The molecule has 1 aliphatic carbocycles. The Hall–Kier alpha value is -1.66. The Labute approximate surface area is 155 Å². The van der Waals surface area contributed by atoms with Gasteiger partial charge in [-0.25, -0.2) is 0 Å². The van der Waals surface area contributed by atoms with Crippen molar-refractivity contribution in [2.45, 2.75) is 38.1 Å². The Balaban J connectivity index is 1.62. The Morgan fingerprint density at radius 3 is 2.72 bits per heavy atom. The van der Waals surface area contributed by atoms with Crippen LogP contribution in [-0.2, 0) is 16.0 Å². The maximum Gasteiger partial charge on any atom is 0.306 e. The van der Waals surface area contributed by atoms with Gasteiger partial charge < -0.3 is 10.0 Å². The second-order valence-electron chi connectivity index (χ2n) is 6.90. The van der Waals surface area contributed by atoms with E-state index in [0.717, 1.165) is 25.8 Å². The number of nitrogens with zero attached hydrogens (tertiary/aromatic N) is 1. The number of rotatable bonds is 3. The molecule has 0 saturated heterocycles. The fraction of sp³-hybridized carbons (Fsp3) is 0.474. The fourth-order valence-electron chi connectivity index (χ4n) is 4.18. The molecule has 0 spiro atoms. The standard InChI is InChI=1S/C19H21NO3S2/c21-18(12-3-1-4-13(11-12)19(22)23)20-8-6-15-14(7-10-25-15)17(20)16-5-2-9-24-16/h2,5,7,9-10,12-13,17H,1,3-4,6,8,11H2,(H,22,23). The maximum atomic E-state index is 13.3. The van der Waals surface area contributed by atoms with Gasteiger partial charge in [-0.15, -0.1) is 22.7 Å². The van der Waals surface area contributed by atoms with E-state index in [9.17, 15) is 14.7 Å². The van der Waals surface area contributed by atoms with E-state index in [4.69, 9.17) is 0 Å². The summed E-state index contributed by atoms with van der Waals surface area (Å²) in [5, 5.41) is 13.5. The van der Waals surface area contributed by atoms with Crippen LogP contribution in [0.15, 0.2) is 29.0 Å². The van der Waals surface area contributed by atoms with Gasteiger partial charge in [-0.1, -0.05) is 12.5 Å². The molecule has 1 amide bonds. The van der Waals surface area contributed by atoms with Gasteiger partial charge in [-0.3, -0.25) is 9.59 Å². The van der Waals surface area contributed by atoms with Crippen LogP contribution in [0.5, 0.6) is 0 Å². The number of carbonyl (C=O) groups excluding carboxylic acids is 1. The highest BCUT2D eigenvalue weighted by atomic mass is 32.1. The summed E-state index contributed by atoms with van der Waals surface area (Å²) in [5.74, 6) is -1.14. The predicted octanol–water partition coefficient (Wildman–Crippen LogP) is 4.17. The van der Waals surface area contributed by atoms with Gasteiger partial charge in [-0.2, -0.15) is 0 Å². The van der Waals surface area contributed by atoms with Crippen LogP contribution in [-0.4, -0.2) is 28.4 Å². The zero-order valence-electron chi connectivity index (χ0n) is 13.9. The van der Waals surface area contributed by atoms with Crippen molar-refractivity contribution in [3.63, 3.8) is 0 Å². The molecule has 1 N–H and O–H groups in total. The first-order valence-electron chi connectivity index (χ1n) is 8.78. The minimum atomic E-state index is -0.758. The third-order valence-electron chi connectivity index (χ3n) is 5.43. The smallest absolute Gasteiger partial charge is 0.306 e. The molecule has 0 radical (unpaired) electrons. The zero-order valence-corrected chi connectivity index (χ0v) is 15.5. The van der Waals surface area contributed by atoms with E-state index in [-0.39, 0.29) is 23.8 Å². The molecule has 2 aliphatic rings. The van der Waals surface area contributed by atoms with Crippen LogP contribution in [0.3, 0.4) is 0 Å². The summed E-state index contributed by atoms with van der Waals surface area (Å²) in [7, 11) is 0. The monoisotopic (exact) mass is 375 g/mol. The van der Waals surface area contributed by atoms with Crippen LogP contribution in [0.4, 0.5) is 0 Å². The van der Waals surface area contributed by atoms with Gasteiger partial charge in [0.1, 0.15) is 0 Å². The van der Waals surface area contributed by atoms with E-state index >= 15 is 0 Å². The molecule has 0 aromatic carbocycles. The van der Waals surface area contributed by atoms with E-state index in [1.54, 1.807) is 22.7 Å². The summed E-state index contributed by atoms with van der Waals surface area (Å²) in [5.41, 5.74) is 1.25. The normalized spacial score (nSPS) is 26.2. The number of thiophene rings is 2. The number of hydrogen-bond donors (Lipinski definition) is 1. The number of fused-ring (bicyclic) bond motifs is 1. The van der Waals surface area contributed by atoms with Crippen molar-refractivity contribution < 1.29 is 14.7 Å². The third kappa shape index (κ3) is 3.13. The molecule has 6 heteroatoms. The Morgan fingerprint density at radius 2 is 1.96 bits per heavy atom. The number of carboxylic acid groups (broad SMARTS) is 1. The van der Waals surface area contributed by atoms with Gasteiger partial charge in [0.15, 0.2) is 0 Å². The van der Waals surface area contributed by atoms with Crippen LogP contribution in [0.2, 0.25) is 0 Å². The highest BCUT2D eigenvalue weighted by molar-refractivity contribution is 7.10. The van der Waals surface area contributed by atoms with E-state index in [1.807, 2.05) is 11.0 Å². The molecule has 3 unspecified atom stereocenters. The minimum Gasteiger partial charge on any atom is -0.481 e. The summed E-state index contributed by atoms with van der Waals surface area (Å²) in [4.78, 5) is 29.2. The van der Waals surface area contributed by atoms with Gasteiger partial charge in [0.2, 0.25) is 5.91 Å². The number of aliphatic carboxylic acids is 1. The summed E-state index contributed by atoms with van der Waals surface area (Å²) < 4.78 is 0. The Kier molecular flexibility index (Phi) is 4.65. The second-order valence-corrected chi connectivity index (χ2v) is 8.88. The molecular weight excluding hydrogens is 354 g/mol. The van der Waals surface area contributed by atoms with Crippen molar-refractivity contribution in [2.24, 2.45) is 11.8 Å². The highest BCUT2D eigenvalue weighted by Gasteiger charge is 2.39. The summed E-state index contributed by atoms with van der Waals surface area (Å²) >= 11 is 3.46. The lowest BCUT2D eigenvalue weighted by molar-refractivity contribution is -0.146. The number of amides is 1. The minimum absolute atomic E-state index is 0.00676. The Bertz CT molecular complexity index is 767. The fourth-order valence-corrected chi connectivity index (χ4v) is 5.94. The predicted molar refractivity (Wildman–Crippen MR) is 99.0 cm³/mol. The van der Waals surface area contributed by atoms with Crippen LogP contribution < -0.4 is 0 Å². The Morgan fingerprint density at radius 1 is 1.12 bits per heavy atom. The van der Waals surface area contributed by atoms with E-state index in [0.29, 0.717) is 12.8 Å². The van der Waals surface area contributed by atoms with Crippen molar-refractivity contribution in [1.29, 1.82) is 0 Å². The highest BCUT2D eigenvalue weighted by Crippen LogP contribution is 2.41. The number of hydrogen-bond acceptors (Lipinski definition) is 4. The maximum absolute atomic E-state index is 13.3. The summed E-state index contributed by atoms with van der Waals surface area (Å²) in [6, 6.07) is 6.27. The molecular formula is C19H21NO3S2. The van der Waals surface area contributed by atoms with E-state index in [1.165, 1.54) is 15.3 Å². The van der Waals surface area contributed by atoms with Crippen molar-refractivity contribution in [3.05, 3.63) is 44.3 Å². The molecule has 4 rings (SSSR count). The van der Waals surface area contributed by atoms with Crippen molar-refractivity contribution >= 4 is 34.6 Å². The lowest BCUT2D eigenvalue weighted by atomic mass is 9.80. The van der Waals surface area contributed by atoms with E-state index in [2.05, 4.69) is 22.9 Å². The van der Waals surface area contributed by atoms with Gasteiger partial charge >= 0.3 is 5.97 Å². The largest absolute Gasteiger partial charge is 0.481 e. The summed E-state index contributed by atoms with van der Waals surface area (Å²) in [6.45, 7) is 0.725. The SMILES string of the molecule is O=C(O)C1CCCC(C(=O)N2CCc3sccc3C2c2cccs2)C1. The second kappa shape index (κ2) is 6.92. The molecule has 0 bridgehead atoms. The van der Waals surface area contributed by atoms with Crippen molar-refractivity contribution in [3.8, 4) is 0 Å². The quantitative estimate of drug-likeness (QED) is 0.876. The average molecular weight is 376 g/mol. The van der Waals surface area contributed by atoms with Crippen LogP contribution in [0.25, 0.3) is 0 Å². The molecule has 3 heterocycles. The van der Waals surface area contributed by atoms with Gasteiger partial charge in [0, 0.05) is 22.2 Å². The first-order chi connectivity index (χ1) is 12.1. The van der Waals surface area contributed by atoms with Crippen LogP contribution in [0.1, 0.15) is 47.0 Å². The molecule has 132 valence electrons. The number of carboxylic acids is 1. The van der Waals surface area contributed by atoms with Gasteiger partial charge in [0.05, 0.1) is 12.0 Å². The number of carbonyl (C=O) groups is 2. The molecule has 2 aromatic rings. The third-order valence-corrected chi connectivity index (χ3v) is 7.36. The first-order valence-corrected chi connectivity index (χ1v) is 10.5. The molecule has 2 aromatic heterocycles. The molecule has 3 atom stereocenters. The molecule has 25 heavy (non-hydrogen) atoms. The van der Waals surface area contributed by atoms with E-state index < -0.39 is 5.97 Å². The molecule has 4 nitrogen and oxygen atoms in total. The lowest BCUT2D eigenvalue weighted by Crippen LogP contribution is -2.44. The first kappa shape index (κ1) is 16.8. The van der Waals surface area contributed by atoms with Crippen LogP contribution in [0, 0.1) is 11.8 Å². The van der Waals surface area contributed by atoms with Crippen molar-refractivity contribution in [1.82, 2.24) is 4.90 Å². The van der Waals surface area contributed by atoms with Crippen LogP contribution >= 0.6 is 22.7 Å². The summed E-state index contributed by atoms with van der Waals surface area (Å²) in [6.07, 6.45) is 3.72.